The van der Waals surface area contributed by atoms with Crippen molar-refractivity contribution in [2.24, 2.45) is 5.92 Å². The molecule has 0 spiro atoms. The van der Waals surface area contributed by atoms with E-state index >= 15 is 0 Å². The molecule has 2 atom stereocenters. The molecule has 1 aromatic rings. The van der Waals surface area contributed by atoms with Crippen LogP contribution in [0.3, 0.4) is 0 Å². The molecular formula is C16H21FN2O5S2. The average Bonchev–Trinajstić information content (AvgIpc) is 3.08. The number of sulfonamides is 2. The van der Waals surface area contributed by atoms with Gasteiger partial charge in [-0.2, -0.15) is 4.72 Å². The van der Waals surface area contributed by atoms with Gasteiger partial charge in [0, 0.05) is 12.5 Å². The number of ether oxygens (including phenoxy) is 1. The monoisotopic (exact) mass is 404 g/mol. The molecule has 1 saturated heterocycles. The first-order valence-corrected chi connectivity index (χ1v) is 11.2. The third-order valence-corrected chi connectivity index (χ3v) is 6.80. The van der Waals surface area contributed by atoms with Crippen LogP contribution in [-0.4, -0.2) is 41.8 Å². The Morgan fingerprint density at radius 2 is 2.12 bits per heavy atom. The molecule has 1 heterocycles. The van der Waals surface area contributed by atoms with E-state index in [1.807, 2.05) is 0 Å². The van der Waals surface area contributed by atoms with Crippen molar-refractivity contribution in [1.29, 1.82) is 0 Å². The van der Waals surface area contributed by atoms with E-state index < -0.39 is 31.9 Å². The molecule has 0 aromatic heterocycles. The fourth-order valence-corrected chi connectivity index (χ4v) is 4.93. The predicted octanol–water partition coefficient (Wildman–Crippen LogP) is 1.29. The van der Waals surface area contributed by atoms with E-state index in [9.17, 15) is 21.2 Å². The van der Waals surface area contributed by atoms with E-state index in [0.717, 1.165) is 18.2 Å². The molecule has 2 rings (SSSR count). The molecule has 1 aliphatic rings. The maximum Gasteiger partial charge on any atom is 0.241 e. The summed E-state index contributed by atoms with van der Waals surface area (Å²) in [7, 11) is -7.75. The van der Waals surface area contributed by atoms with Crippen LogP contribution in [-0.2, 0) is 24.8 Å². The first-order chi connectivity index (χ1) is 12.2. The minimum atomic E-state index is -4.07. The lowest BCUT2D eigenvalue weighted by molar-refractivity contribution is 0.183. The Bertz CT molecular complexity index is 888. The summed E-state index contributed by atoms with van der Waals surface area (Å²) in [6.45, 7) is 2.53. The van der Waals surface area contributed by atoms with Crippen LogP contribution in [0.5, 0.6) is 0 Å². The molecule has 144 valence electrons. The van der Waals surface area contributed by atoms with Crippen LogP contribution in [0.15, 0.2) is 23.1 Å². The molecule has 1 aromatic carbocycles. The highest BCUT2D eigenvalue weighted by Crippen LogP contribution is 2.22. The molecule has 2 unspecified atom stereocenters. The van der Waals surface area contributed by atoms with Crippen molar-refractivity contribution in [3.8, 4) is 12.3 Å². The summed E-state index contributed by atoms with van der Waals surface area (Å²) in [6, 6.07) is 2.17. The van der Waals surface area contributed by atoms with E-state index in [0.29, 0.717) is 26.1 Å². The maximum absolute atomic E-state index is 14.2. The topological polar surface area (TPSA) is 102 Å². The van der Waals surface area contributed by atoms with Gasteiger partial charge < -0.3 is 4.74 Å². The van der Waals surface area contributed by atoms with Crippen LogP contribution >= 0.6 is 0 Å². The molecule has 7 nitrogen and oxygen atoms in total. The normalized spacial score (nSPS) is 19.0. The second kappa shape index (κ2) is 8.35. The fraction of sp³-hybridized carbons (Fsp3) is 0.500. The number of benzene rings is 1. The average molecular weight is 404 g/mol. The van der Waals surface area contributed by atoms with E-state index in [1.54, 1.807) is 6.92 Å². The number of hydrogen-bond acceptors (Lipinski definition) is 5. The minimum Gasteiger partial charge on any atom is -0.381 e. The molecule has 0 bridgehead atoms. The Kier molecular flexibility index (Phi) is 6.63. The Morgan fingerprint density at radius 1 is 1.38 bits per heavy atom. The van der Waals surface area contributed by atoms with Gasteiger partial charge >= 0.3 is 0 Å². The van der Waals surface area contributed by atoms with Gasteiger partial charge in [0.25, 0.3) is 0 Å². The van der Waals surface area contributed by atoms with Crippen molar-refractivity contribution >= 4 is 25.7 Å². The second-order valence-corrected chi connectivity index (χ2v) is 9.51. The maximum atomic E-state index is 14.2. The van der Waals surface area contributed by atoms with Crippen molar-refractivity contribution in [2.45, 2.75) is 30.7 Å². The van der Waals surface area contributed by atoms with Gasteiger partial charge in [0.2, 0.25) is 20.0 Å². The molecule has 1 aliphatic heterocycles. The summed E-state index contributed by atoms with van der Waals surface area (Å²) in [5.74, 6) is 1.08. The first kappa shape index (κ1) is 20.6. The number of anilines is 1. The number of nitrogens with one attached hydrogen (secondary N) is 2. The van der Waals surface area contributed by atoms with Gasteiger partial charge in [0.15, 0.2) is 0 Å². The first-order valence-electron chi connectivity index (χ1n) is 8.05. The van der Waals surface area contributed by atoms with Gasteiger partial charge in [-0.05, 0) is 31.0 Å². The van der Waals surface area contributed by atoms with E-state index in [4.69, 9.17) is 11.2 Å². The highest BCUT2D eigenvalue weighted by atomic mass is 32.2. The van der Waals surface area contributed by atoms with Crippen molar-refractivity contribution in [3.05, 3.63) is 24.0 Å². The van der Waals surface area contributed by atoms with Crippen molar-refractivity contribution in [2.75, 3.05) is 23.7 Å². The number of hydrogen-bond donors (Lipinski definition) is 2. The number of halogens is 1. The second-order valence-electron chi connectivity index (χ2n) is 5.95. The van der Waals surface area contributed by atoms with Crippen LogP contribution in [0.4, 0.5) is 10.1 Å². The largest absolute Gasteiger partial charge is 0.381 e. The van der Waals surface area contributed by atoms with Crippen molar-refractivity contribution < 1.29 is 26.0 Å². The van der Waals surface area contributed by atoms with Crippen LogP contribution in [0.2, 0.25) is 0 Å². The molecule has 0 saturated carbocycles. The highest BCUT2D eigenvalue weighted by molar-refractivity contribution is 7.92. The molecule has 10 heteroatoms. The molecule has 0 radical (unpaired) electrons. The lowest BCUT2D eigenvalue weighted by Gasteiger charge is -2.18. The van der Waals surface area contributed by atoms with Gasteiger partial charge in [0.05, 0.1) is 29.0 Å². The number of terminal acetylenes is 1. The van der Waals surface area contributed by atoms with E-state index in [2.05, 4.69) is 15.4 Å². The summed E-state index contributed by atoms with van der Waals surface area (Å²) in [6.07, 6.45) is 6.40. The minimum absolute atomic E-state index is 0.153. The van der Waals surface area contributed by atoms with Crippen molar-refractivity contribution in [3.63, 3.8) is 0 Å². The van der Waals surface area contributed by atoms with Gasteiger partial charge in [-0.3, -0.25) is 4.72 Å². The lowest BCUT2D eigenvalue weighted by Crippen LogP contribution is -2.39. The molecule has 0 amide bonds. The van der Waals surface area contributed by atoms with Gasteiger partial charge in [0.1, 0.15) is 5.82 Å². The van der Waals surface area contributed by atoms with Gasteiger partial charge in [-0.25, -0.2) is 21.2 Å². The molecule has 2 N–H and O–H groups in total. The van der Waals surface area contributed by atoms with Crippen LogP contribution < -0.4 is 9.44 Å². The smallest absolute Gasteiger partial charge is 0.241 e. The zero-order valence-corrected chi connectivity index (χ0v) is 15.9. The standard InChI is InChI=1S/C16H21FN2O5S2/c1-3-9-25(20,21)18-16-6-5-13(10-14(16)17)26(22,23)19-15(4-2)12-7-8-24-11-12/h2,5-6,10,12,15,18-19H,3,7-9,11H2,1H3. The van der Waals surface area contributed by atoms with E-state index in [1.165, 1.54) is 0 Å². The Labute approximate surface area is 153 Å². The Morgan fingerprint density at radius 3 is 2.65 bits per heavy atom. The SMILES string of the molecule is C#CC(NS(=O)(=O)c1ccc(NS(=O)(=O)CCC)c(F)c1)C1CCOC1. The molecule has 1 fully saturated rings. The summed E-state index contributed by atoms with van der Waals surface area (Å²) in [5, 5.41) is 0. The summed E-state index contributed by atoms with van der Waals surface area (Å²) >= 11 is 0. The van der Waals surface area contributed by atoms with Crippen LogP contribution in [0, 0.1) is 24.1 Å². The number of rotatable bonds is 8. The molecule has 26 heavy (non-hydrogen) atoms. The lowest BCUT2D eigenvalue weighted by atomic mass is 10.0. The highest BCUT2D eigenvalue weighted by Gasteiger charge is 2.29. The van der Waals surface area contributed by atoms with Gasteiger partial charge in [-0.1, -0.05) is 12.8 Å². The zero-order valence-electron chi connectivity index (χ0n) is 14.2. The third kappa shape index (κ3) is 5.17. The Hall–Kier alpha value is -1.67. The van der Waals surface area contributed by atoms with Crippen LogP contribution in [0.25, 0.3) is 0 Å². The molecular weight excluding hydrogens is 383 g/mol. The predicted molar refractivity (Wildman–Crippen MR) is 96.0 cm³/mol. The zero-order chi connectivity index (χ0) is 19.4. The fourth-order valence-electron chi connectivity index (χ4n) is 2.55. The van der Waals surface area contributed by atoms with Gasteiger partial charge in [-0.15, -0.1) is 6.42 Å². The summed E-state index contributed by atoms with van der Waals surface area (Å²) in [5.41, 5.74) is -0.310. The van der Waals surface area contributed by atoms with Crippen LogP contribution in [0.1, 0.15) is 19.8 Å². The van der Waals surface area contributed by atoms with E-state index in [-0.39, 0.29) is 22.3 Å². The summed E-state index contributed by atoms with van der Waals surface area (Å²) < 4.78 is 72.2. The molecule has 0 aliphatic carbocycles. The Balaban J connectivity index is 2.20. The quantitative estimate of drug-likeness (QED) is 0.636. The van der Waals surface area contributed by atoms with Crippen molar-refractivity contribution in [1.82, 2.24) is 4.72 Å². The summed E-state index contributed by atoms with van der Waals surface area (Å²) in [4.78, 5) is -0.340. The third-order valence-electron chi connectivity index (χ3n) is 3.89.